The molecule has 3 aromatic heterocycles. The molecule has 0 unspecified atom stereocenters. The van der Waals surface area contributed by atoms with Gasteiger partial charge in [-0.3, -0.25) is 15.1 Å². The van der Waals surface area contributed by atoms with Crippen LogP contribution in [0.25, 0.3) is 16.6 Å². The Bertz CT molecular complexity index is 1730. The molecule has 11 nitrogen and oxygen atoms in total. The van der Waals surface area contributed by atoms with E-state index in [0.717, 1.165) is 36.2 Å². The van der Waals surface area contributed by atoms with E-state index < -0.39 is 6.03 Å². The van der Waals surface area contributed by atoms with E-state index in [2.05, 4.69) is 32.8 Å². The summed E-state index contributed by atoms with van der Waals surface area (Å²) in [6.07, 6.45) is 6.06. The lowest BCUT2D eigenvalue weighted by atomic mass is 10.1. The number of rotatable bonds is 11. The summed E-state index contributed by atoms with van der Waals surface area (Å²) in [5.41, 5.74) is 4.01. The van der Waals surface area contributed by atoms with Crippen LogP contribution in [0.15, 0.2) is 79.1 Å². The fourth-order valence-electron chi connectivity index (χ4n) is 4.47. The predicted octanol–water partition coefficient (Wildman–Crippen LogP) is 6.49. The molecular formula is C32H33N7O4. The van der Waals surface area contributed by atoms with Crippen molar-refractivity contribution in [3.05, 3.63) is 90.4 Å². The van der Waals surface area contributed by atoms with Crippen molar-refractivity contribution in [3.8, 4) is 17.2 Å². The van der Waals surface area contributed by atoms with Gasteiger partial charge in [0.15, 0.2) is 5.75 Å². The van der Waals surface area contributed by atoms with E-state index >= 15 is 0 Å². The summed E-state index contributed by atoms with van der Waals surface area (Å²) in [5.74, 6) is 1.50. The number of unbranched alkanes of at least 4 members (excludes halogenated alkanes) is 1. The maximum Gasteiger partial charge on any atom is 0.324 e. The molecule has 3 heterocycles. The number of aromatic nitrogens is 4. The van der Waals surface area contributed by atoms with E-state index in [0.29, 0.717) is 39.7 Å². The highest BCUT2D eigenvalue weighted by molar-refractivity contribution is 6.06. The molecule has 11 heteroatoms. The molecule has 0 saturated heterocycles. The number of carbonyl (C=O) groups excluding carboxylic acids is 2. The van der Waals surface area contributed by atoms with Crippen LogP contribution in [0.5, 0.6) is 11.5 Å². The minimum absolute atomic E-state index is 0.0856. The molecule has 0 atom stereocenters. The minimum Gasteiger partial charge on any atom is -0.455 e. The first-order valence-corrected chi connectivity index (χ1v) is 14.0. The number of carbonyl (C=O) groups is 2. The molecular weight excluding hydrogens is 546 g/mol. The van der Waals surface area contributed by atoms with Crippen molar-refractivity contribution in [3.63, 3.8) is 0 Å². The predicted molar refractivity (Wildman–Crippen MR) is 166 cm³/mol. The maximum absolute atomic E-state index is 13.3. The Morgan fingerprint density at radius 2 is 1.77 bits per heavy atom. The van der Waals surface area contributed by atoms with Crippen LogP contribution in [0.1, 0.15) is 31.0 Å². The third kappa shape index (κ3) is 7.32. The Morgan fingerprint density at radius 3 is 2.56 bits per heavy atom. The van der Waals surface area contributed by atoms with Gasteiger partial charge in [0.1, 0.15) is 29.5 Å². The number of fused-ring (bicyclic) bond motifs is 1. The SMILES string of the molecule is CCCCc1cc(NC(=O)Nc2ccc(Oc3ccnc(NC(=O)COC)c3)c3ncccc23)n(-c2ccc(C)cc2)n1. The van der Waals surface area contributed by atoms with Crippen molar-refractivity contribution >= 4 is 40.2 Å². The quantitative estimate of drug-likeness (QED) is 0.163. The second-order valence-corrected chi connectivity index (χ2v) is 9.92. The number of benzene rings is 2. The van der Waals surface area contributed by atoms with Gasteiger partial charge in [-0.2, -0.15) is 5.10 Å². The monoisotopic (exact) mass is 579 g/mol. The molecule has 43 heavy (non-hydrogen) atoms. The Morgan fingerprint density at radius 1 is 0.930 bits per heavy atom. The number of methoxy groups -OCH3 is 1. The molecule has 3 N–H and O–H groups in total. The van der Waals surface area contributed by atoms with Crippen molar-refractivity contribution in [2.45, 2.75) is 33.1 Å². The maximum atomic E-state index is 13.3. The van der Waals surface area contributed by atoms with Crippen LogP contribution in [0.3, 0.4) is 0 Å². The second-order valence-electron chi connectivity index (χ2n) is 9.92. The summed E-state index contributed by atoms with van der Waals surface area (Å²) in [4.78, 5) is 33.8. The highest BCUT2D eigenvalue weighted by Crippen LogP contribution is 2.33. The third-order valence-corrected chi connectivity index (χ3v) is 6.55. The van der Waals surface area contributed by atoms with E-state index in [9.17, 15) is 9.59 Å². The fourth-order valence-corrected chi connectivity index (χ4v) is 4.47. The Hall–Kier alpha value is -5.29. The van der Waals surface area contributed by atoms with Gasteiger partial charge in [-0.05, 0) is 62.2 Å². The van der Waals surface area contributed by atoms with Crippen molar-refractivity contribution in [2.24, 2.45) is 0 Å². The smallest absolute Gasteiger partial charge is 0.324 e. The van der Waals surface area contributed by atoms with E-state index in [1.54, 1.807) is 41.2 Å². The minimum atomic E-state index is -0.417. The topological polar surface area (TPSA) is 132 Å². The molecule has 0 aliphatic heterocycles. The van der Waals surface area contributed by atoms with Gasteiger partial charge in [-0.25, -0.2) is 14.5 Å². The highest BCUT2D eigenvalue weighted by Gasteiger charge is 2.16. The summed E-state index contributed by atoms with van der Waals surface area (Å²) in [5, 5.41) is 14.0. The lowest BCUT2D eigenvalue weighted by molar-refractivity contribution is -0.119. The van der Waals surface area contributed by atoms with Gasteiger partial charge >= 0.3 is 6.03 Å². The van der Waals surface area contributed by atoms with Crippen LogP contribution < -0.4 is 20.7 Å². The molecule has 0 radical (unpaired) electrons. The summed E-state index contributed by atoms with van der Waals surface area (Å²) in [7, 11) is 1.44. The first-order valence-electron chi connectivity index (χ1n) is 14.0. The molecule has 5 aromatic rings. The molecule has 0 fully saturated rings. The number of pyridine rings is 2. The van der Waals surface area contributed by atoms with Gasteiger partial charge in [-0.15, -0.1) is 0 Å². The second kappa shape index (κ2) is 13.6. The van der Waals surface area contributed by atoms with Gasteiger partial charge in [0.05, 0.1) is 17.1 Å². The number of hydrogen-bond donors (Lipinski definition) is 3. The largest absolute Gasteiger partial charge is 0.455 e. The van der Waals surface area contributed by atoms with Crippen molar-refractivity contribution in [1.29, 1.82) is 0 Å². The molecule has 0 saturated carbocycles. The average Bonchev–Trinajstić information content (AvgIpc) is 3.40. The van der Waals surface area contributed by atoms with E-state index in [-0.39, 0.29) is 12.5 Å². The standard InChI is InChI=1S/C32H33N7O4/c1-4-5-7-22-18-29(39(38-22)23-11-9-21(2)10-12-23)37-32(41)35-26-13-14-27(31-25(26)8-6-16-34-31)43-24-15-17-33-28(19-24)36-30(40)20-42-3/h6,8-19H,4-5,7,20H2,1-3H3,(H,33,36,40)(H2,35,37,41). The Kier molecular flexibility index (Phi) is 9.23. The number of ether oxygens (including phenoxy) is 2. The van der Waals surface area contributed by atoms with Crippen LogP contribution in [0.2, 0.25) is 0 Å². The van der Waals surface area contributed by atoms with Crippen LogP contribution in [0, 0.1) is 6.92 Å². The van der Waals surface area contributed by atoms with Gasteiger partial charge < -0.3 is 20.1 Å². The zero-order valence-corrected chi connectivity index (χ0v) is 24.3. The number of nitrogens with zero attached hydrogens (tertiary/aromatic N) is 4. The Labute approximate surface area is 249 Å². The normalized spacial score (nSPS) is 10.9. The van der Waals surface area contributed by atoms with Crippen molar-refractivity contribution in [1.82, 2.24) is 19.7 Å². The molecule has 5 rings (SSSR count). The number of aryl methyl sites for hydroxylation is 2. The van der Waals surface area contributed by atoms with E-state index in [1.807, 2.05) is 43.3 Å². The molecule has 0 spiro atoms. The van der Waals surface area contributed by atoms with E-state index in [1.165, 1.54) is 13.3 Å². The van der Waals surface area contributed by atoms with Gasteiger partial charge in [0, 0.05) is 37.0 Å². The van der Waals surface area contributed by atoms with Crippen LogP contribution in [-0.2, 0) is 16.0 Å². The summed E-state index contributed by atoms with van der Waals surface area (Å²) in [6.45, 7) is 4.08. The molecule has 220 valence electrons. The number of anilines is 3. The number of amides is 3. The van der Waals surface area contributed by atoms with Crippen LogP contribution >= 0.6 is 0 Å². The zero-order valence-electron chi connectivity index (χ0n) is 24.3. The number of hydrogen-bond acceptors (Lipinski definition) is 7. The van der Waals surface area contributed by atoms with Crippen molar-refractivity contribution in [2.75, 3.05) is 29.7 Å². The zero-order chi connectivity index (χ0) is 30.2. The molecule has 3 amide bonds. The summed E-state index contributed by atoms with van der Waals surface area (Å²) >= 11 is 0. The molecule has 0 aliphatic carbocycles. The highest BCUT2D eigenvalue weighted by atomic mass is 16.5. The van der Waals surface area contributed by atoms with E-state index in [4.69, 9.17) is 14.6 Å². The van der Waals surface area contributed by atoms with Crippen molar-refractivity contribution < 1.29 is 19.1 Å². The summed E-state index contributed by atoms with van der Waals surface area (Å²) in [6, 6.07) is 19.9. The van der Waals surface area contributed by atoms with Crippen LogP contribution in [-0.4, -0.2) is 45.4 Å². The van der Waals surface area contributed by atoms with Gasteiger partial charge in [0.2, 0.25) is 0 Å². The van der Waals surface area contributed by atoms with Crippen LogP contribution in [0.4, 0.5) is 22.1 Å². The first kappa shape index (κ1) is 29.2. The number of urea groups is 1. The Balaban J connectivity index is 1.36. The molecule has 0 aliphatic rings. The average molecular weight is 580 g/mol. The van der Waals surface area contributed by atoms with Gasteiger partial charge in [-0.1, -0.05) is 31.0 Å². The summed E-state index contributed by atoms with van der Waals surface area (Å²) < 4.78 is 12.7. The number of nitrogens with one attached hydrogen (secondary N) is 3. The first-order chi connectivity index (χ1) is 20.9. The third-order valence-electron chi connectivity index (χ3n) is 6.55. The molecule has 2 aromatic carbocycles. The molecule has 0 bridgehead atoms. The lowest BCUT2D eigenvalue weighted by Crippen LogP contribution is -2.21. The fraction of sp³-hybridized carbons (Fsp3) is 0.219. The lowest BCUT2D eigenvalue weighted by Gasteiger charge is -2.14. The van der Waals surface area contributed by atoms with Gasteiger partial charge in [0.25, 0.3) is 5.91 Å².